The van der Waals surface area contributed by atoms with Crippen LogP contribution < -0.4 is 11.5 Å². The molecule has 226 valence electrons. The van der Waals surface area contributed by atoms with E-state index in [2.05, 4.69) is 34.6 Å². The van der Waals surface area contributed by atoms with Gasteiger partial charge in [-0.2, -0.15) is 8.78 Å². The highest BCUT2D eigenvalue weighted by molar-refractivity contribution is 5.57. The Morgan fingerprint density at radius 1 is 1.00 bits per heavy atom. The Hall–Kier alpha value is -1.40. The normalized spacial score (nSPS) is 40.4. The molecular formula is C34H54F2N2O2. The number of hydrogen-bond acceptors (Lipinski definition) is 4. The molecular weight excluding hydrogens is 506 g/mol. The van der Waals surface area contributed by atoms with Gasteiger partial charge in [0.2, 0.25) is 0 Å². The molecule has 4 saturated carbocycles. The van der Waals surface area contributed by atoms with E-state index in [4.69, 9.17) is 16.2 Å². The van der Waals surface area contributed by atoms with Gasteiger partial charge in [0, 0.05) is 23.2 Å². The number of aliphatic hydroxyl groups excluding tert-OH is 1. The second-order valence-corrected chi connectivity index (χ2v) is 15.1. The molecule has 4 aliphatic rings. The molecule has 1 aromatic rings. The van der Waals surface area contributed by atoms with Crippen molar-refractivity contribution in [3.05, 3.63) is 23.8 Å². The number of rotatable bonds is 8. The van der Waals surface area contributed by atoms with Crippen LogP contribution in [-0.2, 0) is 10.8 Å². The quantitative estimate of drug-likeness (QED) is 0.279. The van der Waals surface area contributed by atoms with Gasteiger partial charge in [-0.1, -0.05) is 53.9 Å². The molecule has 6 heteroatoms. The zero-order valence-corrected chi connectivity index (χ0v) is 25.5. The Balaban J connectivity index is 1.38. The Morgan fingerprint density at radius 3 is 2.45 bits per heavy atom. The van der Waals surface area contributed by atoms with Crippen molar-refractivity contribution < 1.29 is 18.6 Å². The summed E-state index contributed by atoms with van der Waals surface area (Å²) >= 11 is 0. The lowest BCUT2D eigenvalue weighted by Gasteiger charge is -2.63. The molecule has 1 aromatic carbocycles. The summed E-state index contributed by atoms with van der Waals surface area (Å²) in [5, 5.41) is 10.8. The first-order chi connectivity index (χ1) is 18.8. The molecule has 5 rings (SSSR count). The Morgan fingerprint density at radius 2 is 1.75 bits per heavy atom. The van der Waals surface area contributed by atoms with Gasteiger partial charge in [0.25, 0.3) is 0 Å². The van der Waals surface area contributed by atoms with Gasteiger partial charge in [-0.15, -0.1) is 0 Å². The predicted molar refractivity (Wildman–Crippen MR) is 158 cm³/mol. The van der Waals surface area contributed by atoms with Crippen molar-refractivity contribution in [2.45, 2.75) is 124 Å². The average molecular weight is 561 g/mol. The fourth-order valence-corrected chi connectivity index (χ4v) is 10.6. The van der Waals surface area contributed by atoms with Crippen molar-refractivity contribution in [2.75, 3.05) is 11.5 Å². The molecule has 4 fully saturated rings. The number of fused-ring (bicyclic) bond motifs is 5. The summed E-state index contributed by atoms with van der Waals surface area (Å²) in [7, 11) is 0. The highest BCUT2D eigenvalue weighted by atomic mass is 19.3. The lowest BCUT2D eigenvalue weighted by atomic mass is 9.43. The van der Waals surface area contributed by atoms with Crippen molar-refractivity contribution >= 4 is 11.4 Å². The molecule has 4 nitrogen and oxygen atoms in total. The third-order valence-corrected chi connectivity index (χ3v) is 12.6. The van der Waals surface area contributed by atoms with Crippen LogP contribution in [0.2, 0.25) is 0 Å². The van der Waals surface area contributed by atoms with E-state index in [1.165, 1.54) is 56.7 Å². The lowest BCUT2D eigenvalue weighted by Crippen LogP contribution is -2.60. The van der Waals surface area contributed by atoms with Crippen LogP contribution in [0.4, 0.5) is 20.2 Å². The number of ether oxygens (including phenoxy) is 1. The summed E-state index contributed by atoms with van der Waals surface area (Å²) < 4.78 is 37.3. The summed E-state index contributed by atoms with van der Waals surface area (Å²) in [6, 6.07) is 4.09. The third kappa shape index (κ3) is 5.18. The van der Waals surface area contributed by atoms with Crippen molar-refractivity contribution in [3.63, 3.8) is 0 Å². The summed E-state index contributed by atoms with van der Waals surface area (Å²) in [4.78, 5) is 0. The molecule has 0 spiro atoms. The number of aliphatic hydroxyl groups is 1. The number of halogens is 2. The largest absolute Gasteiger partial charge is 0.399 e. The van der Waals surface area contributed by atoms with Crippen molar-refractivity contribution in [2.24, 2.45) is 52.3 Å². The molecule has 5 N–H and O–H groups in total. The molecule has 0 bridgehead atoms. The topological polar surface area (TPSA) is 81.5 Å². The first-order valence-corrected chi connectivity index (χ1v) is 16.2. The van der Waals surface area contributed by atoms with Gasteiger partial charge < -0.3 is 21.3 Å². The summed E-state index contributed by atoms with van der Waals surface area (Å²) in [6.07, 6.45) is 6.96. The molecule has 10 atom stereocenters. The SMILES string of the molecule is CC(C)CCC[C@@H](C)[C@H]1CC[C@H]2[C@H]3CC[C@@H]4C[C@H](O)CC(OC(F)(F)c5ccc(N)cc5N)[C@]4(C)[C@H]3CC[C@]12C. The fourth-order valence-electron chi connectivity index (χ4n) is 10.6. The summed E-state index contributed by atoms with van der Waals surface area (Å²) in [5.41, 5.74) is 11.7. The van der Waals surface area contributed by atoms with E-state index in [0.717, 1.165) is 37.0 Å². The summed E-state index contributed by atoms with van der Waals surface area (Å²) in [5.74, 6) is 4.00. The Labute approximate surface area is 241 Å². The monoisotopic (exact) mass is 560 g/mol. The molecule has 1 unspecified atom stereocenters. The van der Waals surface area contributed by atoms with Crippen LogP contribution in [0.15, 0.2) is 18.2 Å². The number of alkyl halides is 2. The highest BCUT2D eigenvalue weighted by Gasteiger charge is 2.64. The van der Waals surface area contributed by atoms with Gasteiger partial charge in [-0.25, -0.2) is 0 Å². The Bertz CT molecular complexity index is 1050. The van der Waals surface area contributed by atoms with Gasteiger partial charge in [-0.05, 0) is 110 Å². The van der Waals surface area contributed by atoms with Gasteiger partial charge in [0.1, 0.15) is 0 Å². The van der Waals surface area contributed by atoms with Gasteiger partial charge >= 0.3 is 6.11 Å². The van der Waals surface area contributed by atoms with Crippen LogP contribution in [-0.4, -0.2) is 17.3 Å². The second kappa shape index (κ2) is 11.0. The average Bonchev–Trinajstić information content (AvgIpc) is 3.21. The maximum atomic E-state index is 15.8. The number of nitrogen functional groups attached to an aromatic ring is 2. The van der Waals surface area contributed by atoms with E-state index in [-0.39, 0.29) is 23.6 Å². The lowest BCUT2D eigenvalue weighted by molar-refractivity contribution is -0.320. The number of benzene rings is 1. The van der Waals surface area contributed by atoms with E-state index < -0.39 is 23.7 Å². The minimum absolute atomic E-state index is 0.0578. The first-order valence-electron chi connectivity index (χ1n) is 16.2. The van der Waals surface area contributed by atoms with Gasteiger partial charge in [-0.3, -0.25) is 0 Å². The molecule has 0 aliphatic heterocycles. The van der Waals surface area contributed by atoms with E-state index >= 15 is 8.78 Å². The number of hydrogen-bond donors (Lipinski definition) is 3. The predicted octanol–water partition coefficient (Wildman–Crippen LogP) is 8.38. The van der Waals surface area contributed by atoms with E-state index in [1.807, 2.05) is 0 Å². The minimum Gasteiger partial charge on any atom is -0.399 e. The van der Waals surface area contributed by atoms with Crippen LogP contribution in [0, 0.1) is 52.3 Å². The molecule has 40 heavy (non-hydrogen) atoms. The molecule has 4 aliphatic carbocycles. The molecule has 0 aromatic heterocycles. The van der Waals surface area contributed by atoms with Crippen LogP contribution in [0.1, 0.15) is 111 Å². The van der Waals surface area contributed by atoms with Crippen molar-refractivity contribution in [1.29, 1.82) is 0 Å². The number of anilines is 2. The Kier molecular flexibility index (Phi) is 8.29. The molecule has 0 saturated heterocycles. The van der Waals surface area contributed by atoms with Crippen LogP contribution >= 0.6 is 0 Å². The van der Waals surface area contributed by atoms with Crippen molar-refractivity contribution in [1.82, 2.24) is 0 Å². The minimum atomic E-state index is -3.55. The maximum Gasteiger partial charge on any atom is 0.385 e. The summed E-state index contributed by atoms with van der Waals surface area (Å²) in [6.45, 7) is 11.9. The second-order valence-electron chi connectivity index (χ2n) is 15.1. The molecule has 0 radical (unpaired) electrons. The van der Waals surface area contributed by atoms with Gasteiger partial charge in [0.15, 0.2) is 0 Å². The standard InChI is InChI=1S/C34H54F2N2O2/c1-20(2)7-6-8-21(3)26-13-14-27-25-11-9-22-17-24(39)19-31(33(22,5)28(25)15-16-32(26,27)4)40-34(35,36)29-12-10-23(37)18-30(29)38/h10,12,18,20-22,24-28,31,39H,6-9,11,13-17,19,37-38H2,1-5H3/t21-,22-,24+,25-,26-,27+,28+,31?,32-,33+/m1/s1. The smallest absolute Gasteiger partial charge is 0.385 e. The highest BCUT2D eigenvalue weighted by Crippen LogP contribution is 2.69. The maximum absolute atomic E-state index is 15.8. The zero-order chi connectivity index (χ0) is 29.0. The van der Waals surface area contributed by atoms with Gasteiger partial charge in [0.05, 0.1) is 17.8 Å². The van der Waals surface area contributed by atoms with E-state index in [9.17, 15) is 5.11 Å². The van der Waals surface area contributed by atoms with Crippen molar-refractivity contribution in [3.8, 4) is 0 Å². The van der Waals surface area contributed by atoms with Crippen LogP contribution in [0.3, 0.4) is 0 Å². The van der Waals surface area contributed by atoms with E-state index in [1.54, 1.807) is 0 Å². The number of nitrogens with two attached hydrogens (primary N) is 2. The zero-order valence-electron chi connectivity index (χ0n) is 25.5. The molecule has 0 heterocycles. The van der Waals surface area contributed by atoms with Crippen LogP contribution in [0.5, 0.6) is 0 Å². The fraction of sp³-hybridized carbons (Fsp3) is 0.824. The third-order valence-electron chi connectivity index (χ3n) is 12.6. The molecule has 0 amide bonds. The first kappa shape index (κ1) is 30.1. The van der Waals surface area contributed by atoms with E-state index in [0.29, 0.717) is 35.3 Å². The van der Waals surface area contributed by atoms with Crippen LogP contribution in [0.25, 0.3) is 0 Å².